The van der Waals surface area contributed by atoms with Crippen LogP contribution in [0, 0.1) is 11.8 Å². The minimum Gasteiger partial charge on any atom is -0.481 e. The molecule has 2 saturated heterocycles. The highest BCUT2D eigenvalue weighted by Gasteiger charge is 2.47. The fourth-order valence-corrected chi connectivity index (χ4v) is 4.02. The highest BCUT2D eigenvalue weighted by molar-refractivity contribution is 5.89. The number of carboxylic acid groups (broad SMARTS) is 1. The molecular weight excluding hydrogens is 370 g/mol. The first kappa shape index (κ1) is 21.0. The molecule has 2 aliphatic heterocycles. The normalized spacial score (nSPS) is 25.7. The number of fused-ring (bicyclic) bond motifs is 2. The van der Waals surface area contributed by atoms with E-state index < -0.39 is 5.97 Å². The first-order chi connectivity index (χ1) is 14.0. The van der Waals surface area contributed by atoms with Gasteiger partial charge >= 0.3 is 12.0 Å². The number of aliphatic carboxylic acids is 1. The third kappa shape index (κ3) is 5.90. The first-order valence-corrected chi connectivity index (χ1v) is 10.2. The number of hydrogen-bond donors (Lipinski definition) is 2. The number of nitrogens with zero attached hydrogens (tertiary/aromatic N) is 2. The van der Waals surface area contributed by atoms with Crippen molar-refractivity contribution in [2.45, 2.75) is 50.7 Å². The van der Waals surface area contributed by atoms with Crippen LogP contribution in [0.4, 0.5) is 10.5 Å². The van der Waals surface area contributed by atoms with Gasteiger partial charge in [-0.2, -0.15) is 5.10 Å². The van der Waals surface area contributed by atoms with Crippen molar-refractivity contribution in [2.75, 3.05) is 12.4 Å². The number of rotatable bonds is 9. The average molecular weight is 399 g/mol. The van der Waals surface area contributed by atoms with Gasteiger partial charge in [-0.05, 0) is 50.2 Å². The summed E-state index contributed by atoms with van der Waals surface area (Å²) in [5, 5.41) is 17.2. The molecule has 0 saturated carbocycles. The molecule has 0 aromatic heterocycles. The van der Waals surface area contributed by atoms with Crippen molar-refractivity contribution in [3.63, 3.8) is 0 Å². The maximum atomic E-state index is 12.3. The predicted molar refractivity (Wildman–Crippen MR) is 112 cm³/mol. The van der Waals surface area contributed by atoms with Gasteiger partial charge in [0.25, 0.3) is 0 Å². The quantitative estimate of drug-likeness (QED) is 0.283. The number of allylic oxidation sites excluding steroid dienone is 2. The molecule has 2 aliphatic rings. The Morgan fingerprint density at radius 3 is 2.76 bits per heavy atom. The zero-order valence-corrected chi connectivity index (χ0v) is 16.7. The SMILES string of the molecule is CN(N=C[C@H]1[C@@H](C/C=C\CCCC(=O)O)[C@H]2CC[C@@H]1O2)C(=O)Nc1ccccc1. The van der Waals surface area contributed by atoms with Gasteiger partial charge in [-0.15, -0.1) is 0 Å². The molecule has 3 rings (SSSR count). The molecule has 0 radical (unpaired) electrons. The Labute approximate surface area is 171 Å². The molecule has 7 heteroatoms. The van der Waals surface area contributed by atoms with Crippen LogP contribution in [0.1, 0.15) is 38.5 Å². The van der Waals surface area contributed by atoms with Crippen molar-refractivity contribution >= 4 is 23.9 Å². The number of para-hydroxylation sites is 1. The fourth-order valence-electron chi connectivity index (χ4n) is 4.02. The van der Waals surface area contributed by atoms with Crippen molar-refractivity contribution < 1.29 is 19.4 Å². The summed E-state index contributed by atoms with van der Waals surface area (Å²) in [6, 6.07) is 9.01. The smallest absolute Gasteiger partial charge is 0.341 e. The molecule has 2 heterocycles. The van der Waals surface area contributed by atoms with Gasteiger partial charge in [0.2, 0.25) is 0 Å². The van der Waals surface area contributed by atoms with Crippen LogP contribution in [0.2, 0.25) is 0 Å². The Balaban J connectivity index is 1.51. The predicted octanol–water partition coefficient (Wildman–Crippen LogP) is 4.13. The Hall–Kier alpha value is -2.67. The average Bonchev–Trinajstić information content (AvgIpc) is 3.31. The summed E-state index contributed by atoms with van der Waals surface area (Å²) in [6.07, 6.45) is 11.1. The largest absolute Gasteiger partial charge is 0.481 e. The number of anilines is 1. The maximum Gasteiger partial charge on any atom is 0.341 e. The van der Waals surface area contributed by atoms with Crippen molar-refractivity contribution in [2.24, 2.45) is 16.9 Å². The van der Waals surface area contributed by atoms with E-state index in [0.717, 1.165) is 31.4 Å². The highest BCUT2D eigenvalue weighted by Crippen LogP contribution is 2.44. The van der Waals surface area contributed by atoms with E-state index in [1.54, 1.807) is 7.05 Å². The van der Waals surface area contributed by atoms with E-state index in [2.05, 4.69) is 22.6 Å². The second kappa shape index (κ2) is 10.2. The van der Waals surface area contributed by atoms with Gasteiger partial charge in [-0.3, -0.25) is 4.79 Å². The number of amides is 2. The summed E-state index contributed by atoms with van der Waals surface area (Å²) in [6.45, 7) is 0. The number of unbranched alkanes of at least 4 members (excludes halogenated alkanes) is 1. The Bertz CT molecular complexity index is 750. The molecule has 4 atom stereocenters. The van der Waals surface area contributed by atoms with E-state index in [0.29, 0.717) is 12.3 Å². The molecule has 2 fully saturated rings. The van der Waals surface area contributed by atoms with Crippen LogP contribution < -0.4 is 5.32 Å². The maximum absolute atomic E-state index is 12.3. The van der Waals surface area contributed by atoms with Gasteiger partial charge in [0.1, 0.15) is 0 Å². The molecule has 0 unspecified atom stereocenters. The van der Waals surface area contributed by atoms with Gasteiger partial charge in [0.05, 0.1) is 12.2 Å². The Morgan fingerprint density at radius 1 is 1.24 bits per heavy atom. The van der Waals surface area contributed by atoms with E-state index in [1.807, 2.05) is 36.5 Å². The Kier molecular flexibility index (Phi) is 7.41. The molecule has 0 aliphatic carbocycles. The summed E-state index contributed by atoms with van der Waals surface area (Å²) >= 11 is 0. The summed E-state index contributed by atoms with van der Waals surface area (Å²) in [4.78, 5) is 22.9. The van der Waals surface area contributed by atoms with Gasteiger partial charge in [-0.1, -0.05) is 30.4 Å². The zero-order valence-electron chi connectivity index (χ0n) is 16.7. The molecule has 2 amide bonds. The van der Waals surface area contributed by atoms with E-state index in [-0.39, 0.29) is 30.6 Å². The zero-order chi connectivity index (χ0) is 20.6. The molecule has 2 bridgehead atoms. The number of benzene rings is 1. The van der Waals surface area contributed by atoms with Crippen LogP contribution in [0.15, 0.2) is 47.6 Å². The fraction of sp³-hybridized carbons (Fsp3) is 0.500. The summed E-state index contributed by atoms with van der Waals surface area (Å²) < 4.78 is 6.07. The molecule has 2 N–H and O–H groups in total. The van der Waals surface area contributed by atoms with Gasteiger partial charge in [-0.25, -0.2) is 9.80 Å². The molecule has 1 aromatic rings. The lowest BCUT2D eigenvalue weighted by molar-refractivity contribution is -0.137. The number of nitrogens with one attached hydrogen (secondary N) is 1. The second-order valence-electron chi connectivity index (χ2n) is 7.61. The lowest BCUT2D eigenvalue weighted by atomic mass is 9.78. The number of carboxylic acids is 1. The van der Waals surface area contributed by atoms with Crippen LogP contribution in [0.3, 0.4) is 0 Å². The van der Waals surface area contributed by atoms with Crippen LogP contribution in [-0.4, -0.2) is 47.6 Å². The summed E-state index contributed by atoms with van der Waals surface area (Å²) in [5.74, 6) is -0.222. The van der Waals surface area contributed by atoms with Crippen LogP contribution in [-0.2, 0) is 9.53 Å². The number of hydrazone groups is 1. The van der Waals surface area contributed by atoms with E-state index in [4.69, 9.17) is 9.84 Å². The number of hydrogen-bond acceptors (Lipinski definition) is 4. The second-order valence-corrected chi connectivity index (χ2v) is 7.61. The first-order valence-electron chi connectivity index (χ1n) is 10.2. The highest BCUT2D eigenvalue weighted by atomic mass is 16.5. The number of carbonyl (C=O) groups excluding carboxylic acids is 1. The third-order valence-corrected chi connectivity index (χ3v) is 5.55. The van der Waals surface area contributed by atoms with Crippen LogP contribution in [0.25, 0.3) is 0 Å². The van der Waals surface area contributed by atoms with E-state index in [9.17, 15) is 9.59 Å². The van der Waals surface area contributed by atoms with Crippen molar-refractivity contribution in [1.82, 2.24) is 5.01 Å². The number of urea groups is 1. The van der Waals surface area contributed by atoms with Crippen molar-refractivity contribution in [3.05, 3.63) is 42.5 Å². The van der Waals surface area contributed by atoms with Crippen LogP contribution >= 0.6 is 0 Å². The standard InChI is InChI=1S/C22H29N3O4/c1-25(22(28)24-16-9-5-4-6-10-16)23-15-18-17(19-13-14-20(18)29-19)11-7-2-3-8-12-21(26)27/h2,4-7,9-10,15,17-20H,3,8,11-14H2,1H3,(H,24,28)(H,26,27)/b7-2-,23-15?/t17-,18+,19-,20+/m1/s1. The van der Waals surface area contributed by atoms with Gasteiger partial charge < -0.3 is 15.2 Å². The van der Waals surface area contributed by atoms with E-state index >= 15 is 0 Å². The minimum absolute atomic E-state index is 0.166. The Morgan fingerprint density at radius 2 is 2.00 bits per heavy atom. The number of carbonyl (C=O) groups is 2. The summed E-state index contributed by atoms with van der Waals surface area (Å²) in [5.41, 5.74) is 0.730. The molecular formula is C22H29N3O4. The topological polar surface area (TPSA) is 91.2 Å². The molecule has 7 nitrogen and oxygen atoms in total. The van der Waals surface area contributed by atoms with Crippen molar-refractivity contribution in [3.8, 4) is 0 Å². The van der Waals surface area contributed by atoms with Gasteiger partial charge in [0, 0.05) is 31.3 Å². The molecule has 0 spiro atoms. The van der Waals surface area contributed by atoms with Crippen LogP contribution in [0.5, 0.6) is 0 Å². The lowest BCUT2D eigenvalue weighted by Gasteiger charge is -2.24. The summed E-state index contributed by atoms with van der Waals surface area (Å²) in [7, 11) is 1.64. The van der Waals surface area contributed by atoms with Gasteiger partial charge in [0.15, 0.2) is 0 Å². The van der Waals surface area contributed by atoms with E-state index in [1.165, 1.54) is 5.01 Å². The monoisotopic (exact) mass is 399 g/mol. The molecule has 1 aromatic carbocycles. The number of ether oxygens (including phenoxy) is 1. The lowest BCUT2D eigenvalue weighted by Crippen LogP contribution is -2.31. The van der Waals surface area contributed by atoms with Crippen molar-refractivity contribution in [1.29, 1.82) is 0 Å². The minimum atomic E-state index is -0.753. The molecule has 156 valence electrons. The molecule has 29 heavy (non-hydrogen) atoms. The third-order valence-electron chi connectivity index (χ3n) is 5.55.